The van der Waals surface area contributed by atoms with Crippen LogP contribution in [0.2, 0.25) is 0 Å². The van der Waals surface area contributed by atoms with Gasteiger partial charge in [-0.3, -0.25) is 9.69 Å². The molecule has 0 unspecified atom stereocenters. The summed E-state index contributed by atoms with van der Waals surface area (Å²) < 4.78 is 56.8. The van der Waals surface area contributed by atoms with Gasteiger partial charge >= 0.3 is 18.2 Å². The number of hydrogen-bond acceptors (Lipinski definition) is 7. The molecule has 3 heterocycles. The highest BCUT2D eigenvalue weighted by molar-refractivity contribution is 5.79. The van der Waals surface area contributed by atoms with Crippen LogP contribution in [0, 0.1) is 5.92 Å². The summed E-state index contributed by atoms with van der Waals surface area (Å²) in [5.41, 5.74) is 2.60. The molecule has 2 aromatic carbocycles. The van der Waals surface area contributed by atoms with E-state index in [-0.39, 0.29) is 29.9 Å². The van der Waals surface area contributed by atoms with Crippen molar-refractivity contribution in [1.29, 1.82) is 0 Å². The molecule has 1 aliphatic carbocycles. The van der Waals surface area contributed by atoms with E-state index in [1.165, 1.54) is 11.0 Å². The molecule has 0 spiro atoms. The molecule has 2 aliphatic heterocycles. The molecule has 8 nitrogen and oxygen atoms in total. The molecular formula is C33H34F3N3O5. The van der Waals surface area contributed by atoms with Crippen LogP contribution in [0.5, 0.6) is 5.75 Å². The van der Waals surface area contributed by atoms with Gasteiger partial charge in [-0.25, -0.2) is 9.78 Å². The molecule has 44 heavy (non-hydrogen) atoms. The maximum Gasteiger partial charge on any atom is 0.416 e. The number of ether oxygens (including phenoxy) is 3. The first kappa shape index (κ1) is 29.8. The van der Waals surface area contributed by atoms with Crippen molar-refractivity contribution >= 4 is 17.9 Å². The predicted octanol–water partition coefficient (Wildman–Crippen LogP) is 6.73. The number of pyridine rings is 1. The van der Waals surface area contributed by atoms with Crippen molar-refractivity contribution in [3.8, 4) is 16.9 Å². The van der Waals surface area contributed by atoms with Crippen molar-refractivity contribution in [2.24, 2.45) is 5.92 Å². The zero-order valence-electron chi connectivity index (χ0n) is 24.8. The Morgan fingerprint density at radius 3 is 2.55 bits per heavy atom. The Morgan fingerprint density at radius 1 is 1.07 bits per heavy atom. The van der Waals surface area contributed by atoms with E-state index < -0.39 is 30.0 Å². The van der Waals surface area contributed by atoms with E-state index in [0.717, 1.165) is 54.2 Å². The Labute approximate surface area is 253 Å². The molecule has 3 aliphatic rings. The Morgan fingerprint density at radius 2 is 1.86 bits per heavy atom. The van der Waals surface area contributed by atoms with Crippen molar-refractivity contribution in [2.45, 2.75) is 57.5 Å². The average Bonchev–Trinajstić information content (AvgIpc) is 3.73. The van der Waals surface area contributed by atoms with Crippen LogP contribution >= 0.6 is 0 Å². The highest BCUT2D eigenvalue weighted by atomic mass is 19.4. The van der Waals surface area contributed by atoms with Crippen LogP contribution in [0.25, 0.3) is 11.1 Å². The first-order chi connectivity index (χ1) is 21.1. The Kier molecular flexibility index (Phi) is 7.89. The largest absolute Gasteiger partial charge is 0.496 e. The van der Waals surface area contributed by atoms with Gasteiger partial charge in [0.25, 0.3) is 0 Å². The third-order valence-corrected chi connectivity index (χ3v) is 8.72. The highest BCUT2D eigenvalue weighted by Gasteiger charge is 2.45. The van der Waals surface area contributed by atoms with Crippen LogP contribution in [0.4, 0.5) is 23.8 Å². The van der Waals surface area contributed by atoms with Crippen molar-refractivity contribution in [2.75, 3.05) is 31.7 Å². The van der Waals surface area contributed by atoms with Crippen LogP contribution in [-0.2, 0) is 27.0 Å². The van der Waals surface area contributed by atoms with E-state index in [9.17, 15) is 22.8 Å². The minimum Gasteiger partial charge on any atom is -0.496 e. The molecule has 2 saturated heterocycles. The minimum atomic E-state index is -4.51. The number of esters is 1. The van der Waals surface area contributed by atoms with Crippen LogP contribution in [0.3, 0.4) is 0 Å². The molecule has 3 fully saturated rings. The summed E-state index contributed by atoms with van der Waals surface area (Å²) in [6.45, 7) is 5.72. The summed E-state index contributed by atoms with van der Waals surface area (Å²) in [4.78, 5) is 34.2. The molecule has 232 valence electrons. The fourth-order valence-corrected chi connectivity index (χ4v) is 6.03. The summed E-state index contributed by atoms with van der Waals surface area (Å²) in [7, 11) is 1.58. The maximum atomic E-state index is 13.4. The number of rotatable bonds is 9. The second kappa shape index (κ2) is 11.7. The lowest BCUT2D eigenvalue weighted by atomic mass is 9.97. The number of methoxy groups -OCH3 is 1. The Balaban J connectivity index is 1.33. The normalized spacial score (nSPS) is 22.8. The molecule has 0 N–H and O–H groups in total. The van der Waals surface area contributed by atoms with E-state index in [4.69, 9.17) is 19.2 Å². The van der Waals surface area contributed by atoms with E-state index in [1.807, 2.05) is 30.3 Å². The Bertz CT molecular complexity index is 1570. The average molecular weight is 610 g/mol. The van der Waals surface area contributed by atoms with Gasteiger partial charge in [0.1, 0.15) is 17.7 Å². The van der Waals surface area contributed by atoms with Gasteiger partial charge in [-0.2, -0.15) is 13.2 Å². The number of benzene rings is 2. The van der Waals surface area contributed by atoms with E-state index in [1.54, 1.807) is 27.0 Å². The molecule has 6 rings (SSSR count). The van der Waals surface area contributed by atoms with Crippen molar-refractivity contribution in [1.82, 2.24) is 9.88 Å². The molecular weight excluding hydrogens is 575 g/mol. The number of amides is 1. The fraction of sp³-hybridized carbons (Fsp3) is 0.424. The molecule has 1 aromatic heterocycles. The molecule has 1 saturated carbocycles. The number of aromatic nitrogens is 1. The van der Waals surface area contributed by atoms with Crippen molar-refractivity contribution in [3.05, 3.63) is 77.0 Å². The molecule has 4 atom stereocenters. The summed E-state index contributed by atoms with van der Waals surface area (Å²) in [6, 6.07) is 14.1. The zero-order valence-corrected chi connectivity index (χ0v) is 24.8. The highest BCUT2D eigenvalue weighted by Crippen LogP contribution is 2.50. The lowest BCUT2D eigenvalue weighted by Crippen LogP contribution is -2.38. The number of alkyl halides is 3. The first-order valence-electron chi connectivity index (χ1n) is 14.8. The van der Waals surface area contributed by atoms with Gasteiger partial charge in [-0.15, -0.1) is 0 Å². The molecule has 1 amide bonds. The number of anilines is 1. The van der Waals surface area contributed by atoms with Crippen molar-refractivity contribution in [3.63, 3.8) is 0 Å². The van der Waals surface area contributed by atoms with E-state index in [2.05, 4.69) is 4.90 Å². The first-order valence-corrected chi connectivity index (χ1v) is 14.8. The van der Waals surface area contributed by atoms with Gasteiger partial charge in [0.05, 0.1) is 43.5 Å². The second-order valence-electron chi connectivity index (χ2n) is 11.5. The third-order valence-electron chi connectivity index (χ3n) is 8.72. The summed E-state index contributed by atoms with van der Waals surface area (Å²) >= 11 is 0. The standard InChI is InChI=1S/C33H34F3N3O5/c1-4-43-31(40)26-17-24(26)20-9-11-28(42-3)25(16-20)23-10-12-29(38-13-6-14-38)37-27(23)18-39-19(2)30(44-32(39)41)21-7-5-8-22(15-21)33(34,35)36/h5,7-12,15-16,19,24,26,30H,4,6,13-14,17-18H2,1-3H3/t19-,24-,26+,30-/m0/s1. The third kappa shape index (κ3) is 5.67. The van der Waals surface area contributed by atoms with Gasteiger partial charge in [0, 0.05) is 24.2 Å². The van der Waals surface area contributed by atoms with Crippen LogP contribution in [0.1, 0.15) is 61.1 Å². The van der Waals surface area contributed by atoms with Crippen molar-refractivity contribution < 1.29 is 37.0 Å². The van der Waals surface area contributed by atoms with Gasteiger partial charge in [-0.05, 0) is 80.1 Å². The molecule has 0 radical (unpaired) electrons. The molecule has 11 heteroatoms. The van der Waals surface area contributed by atoms with Gasteiger partial charge in [-0.1, -0.05) is 18.2 Å². The maximum absolute atomic E-state index is 13.4. The quantitative estimate of drug-likeness (QED) is 0.249. The lowest BCUT2D eigenvalue weighted by Gasteiger charge is -2.33. The monoisotopic (exact) mass is 609 g/mol. The molecule has 3 aromatic rings. The number of halogens is 3. The van der Waals surface area contributed by atoms with Gasteiger partial charge in [0.2, 0.25) is 0 Å². The van der Waals surface area contributed by atoms with Crippen LogP contribution < -0.4 is 9.64 Å². The smallest absolute Gasteiger partial charge is 0.416 e. The van der Waals surface area contributed by atoms with Gasteiger partial charge < -0.3 is 19.1 Å². The zero-order chi connectivity index (χ0) is 31.2. The van der Waals surface area contributed by atoms with E-state index >= 15 is 0 Å². The molecule has 0 bridgehead atoms. The summed E-state index contributed by atoms with van der Waals surface area (Å²) in [5.74, 6) is 1.05. The number of carbonyl (C=O) groups excluding carboxylic acids is 2. The topological polar surface area (TPSA) is 81.2 Å². The lowest BCUT2D eigenvalue weighted by molar-refractivity contribution is -0.144. The number of hydrogen-bond donors (Lipinski definition) is 0. The second-order valence-corrected chi connectivity index (χ2v) is 11.5. The number of nitrogens with zero attached hydrogens (tertiary/aromatic N) is 3. The Hall–Kier alpha value is -4.28. The number of carbonyl (C=O) groups is 2. The number of cyclic esters (lactones) is 1. The predicted molar refractivity (Wildman–Crippen MR) is 156 cm³/mol. The van der Waals surface area contributed by atoms with Crippen LogP contribution in [0.15, 0.2) is 54.6 Å². The van der Waals surface area contributed by atoms with E-state index in [0.29, 0.717) is 24.5 Å². The van der Waals surface area contributed by atoms with Crippen LogP contribution in [-0.4, -0.2) is 54.8 Å². The SMILES string of the molecule is CCOC(=O)[C@@H]1C[C@H]1c1ccc(OC)c(-c2ccc(N3CCC3)nc2CN2C(=O)O[C@H](c3cccc(C(F)(F)F)c3)[C@@H]2C)c1. The minimum absolute atomic E-state index is 0.0391. The summed E-state index contributed by atoms with van der Waals surface area (Å²) in [5, 5.41) is 0. The summed E-state index contributed by atoms with van der Waals surface area (Å²) in [6.07, 6.45) is -4.25. The van der Waals surface area contributed by atoms with Gasteiger partial charge in [0.15, 0.2) is 0 Å². The fourth-order valence-electron chi connectivity index (χ4n) is 6.03.